The number of halogens is 2. The summed E-state index contributed by atoms with van der Waals surface area (Å²) in [6.07, 6.45) is 5.21. The van der Waals surface area contributed by atoms with Crippen molar-refractivity contribution in [3.8, 4) is 6.07 Å². The molecule has 2 aromatic carbocycles. The largest absolute Gasteiger partial charge is 0.396 e. The molecule has 1 aliphatic rings. The molecule has 37 heavy (non-hydrogen) atoms. The van der Waals surface area contributed by atoms with Crippen LogP contribution in [0.15, 0.2) is 48.8 Å². The Morgan fingerprint density at radius 2 is 2.08 bits per heavy atom. The summed E-state index contributed by atoms with van der Waals surface area (Å²) in [4.78, 5) is 4.38. The van der Waals surface area contributed by atoms with Gasteiger partial charge in [0.1, 0.15) is 17.6 Å². The number of benzene rings is 2. The van der Waals surface area contributed by atoms with Gasteiger partial charge in [-0.25, -0.2) is 9.07 Å². The number of nitriles is 1. The molecule has 0 radical (unpaired) electrons. The first-order chi connectivity index (χ1) is 18.1. The minimum absolute atomic E-state index is 0.0426. The summed E-state index contributed by atoms with van der Waals surface area (Å²) in [7, 11) is 0. The SMILES string of the molecule is [2H][C@](Nc1cc(Cl)c2ncc(C#N)c(NCC(C)(C)CO)c2c1)(c1ccc(F)cc1)c1cn(C2CC2)nn1. The van der Waals surface area contributed by atoms with Crippen LogP contribution >= 0.6 is 11.6 Å². The van der Waals surface area contributed by atoms with Crippen LogP contribution in [-0.2, 0) is 0 Å². The number of anilines is 2. The van der Waals surface area contributed by atoms with Gasteiger partial charge in [-0.2, -0.15) is 5.26 Å². The van der Waals surface area contributed by atoms with E-state index in [0.29, 0.717) is 50.7 Å². The van der Waals surface area contributed by atoms with Crippen LogP contribution in [0.4, 0.5) is 15.8 Å². The molecule has 1 saturated carbocycles. The number of aromatic nitrogens is 4. The Morgan fingerprint density at radius 1 is 1.32 bits per heavy atom. The molecule has 1 atom stereocenters. The maximum Gasteiger partial charge on any atom is 0.123 e. The molecule has 0 saturated heterocycles. The van der Waals surface area contributed by atoms with Gasteiger partial charge in [0.25, 0.3) is 0 Å². The van der Waals surface area contributed by atoms with Gasteiger partial charge in [0, 0.05) is 35.8 Å². The van der Waals surface area contributed by atoms with E-state index < -0.39 is 17.3 Å². The number of pyridine rings is 1. The van der Waals surface area contributed by atoms with E-state index in [2.05, 4.69) is 32.0 Å². The summed E-state index contributed by atoms with van der Waals surface area (Å²) in [5.41, 5.74) is 2.18. The first kappa shape index (κ1) is 23.6. The summed E-state index contributed by atoms with van der Waals surface area (Å²) in [6.45, 7) is 4.16. The maximum absolute atomic E-state index is 13.8. The highest BCUT2D eigenvalue weighted by molar-refractivity contribution is 6.35. The first-order valence-corrected chi connectivity index (χ1v) is 12.3. The lowest BCUT2D eigenvalue weighted by Gasteiger charge is -2.24. The monoisotopic (exact) mass is 520 g/mol. The van der Waals surface area contributed by atoms with Crippen molar-refractivity contribution in [1.82, 2.24) is 20.0 Å². The number of hydrogen-bond donors (Lipinski definition) is 3. The van der Waals surface area contributed by atoms with Crippen LogP contribution in [0.25, 0.3) is 10.9 Å². The van der Waals surface area contributed by atoms with Gasteiger partial charge in [-0.1, -0.05) is 42.8 Å². The molecule has 1 aliphatic carbocycles. The molecule has 4 aromatic rings. The van der Waals surface area contributed by atoms with Crippen molar-refractivity contribution in [3.63, 3.8) is 0 Å². The van der Waals surface area contributed by atoms with Crippen LogP contribution in [0.1, 0.15) is 56.9 Å². The Bertz CT molecular complexity index is 1530. The number of fused-ring (bicyclic) bond motifs is 1. The molecule has 2 heterocycles. The summed E-state index contributed by atoms with van der Waals surface area (Å²) >= 11 is 6.65. The topological polar surface area (TPSA) is 112 Å². The van der Waals surface area contributed by atoms with Crippen LogP contribution < -0.4 is 10.6 Å². The van der Waals surface area contributed by atoms with Gasteiger partial charge >= 0.3 is 0 Å². The van der Waals surface area contributed by atoms with E-state index in [1.54, 1.807) is 23.0 Å². The molecule has 10 heteroatoms. The van der Waals surface area contributed by atoms with Gasteiger partial charge < -0.3 is 15.7 Å². The number of rotatable bonds is 9. The lowest BCUT2D eigenvalue weighted by molar-refractivity contribution is 0.171. The van der Waals surface area contributed by atoms with Crippen molar-refractivity contribution in [2.45, 2.75) is 38.7 Å². The minimum Gasteiger partial charge on any atom is -0.396 e. The number of hydrogen-bond acceptors (Lipinski definition) is 7. The van der Waals surface area contributed by atoms with Crippen LogP contribution in [0.5, 0.6) is 0 Å². The smallest absolute Gasteiger partial charge is 0.123 e. The second-order valence-electron chi connectivity index (χ2n) is 10.0. The summed E-state index contributed by atoms with van der Waals surface area (Å²) in [5, 5.41) is 35.4. The molecular formula is C27H27ClFN7O. The molecule has 5 rings (SSSR count). The third-order valence-electron chi connectivity index (χ3n) is 6.31. The van der Waals surface area contributed by atoms with Crippen molar-refractivity contribution < 1.29 is 10.9 Å². The van der Waals surface area contributed by atoms with E-state index in [-0.39, 0.29) is 12.6 Å². The lowest BCUT2D eigenvalue weighted by Crippen LogP contribution is -2.27. The van der Waals surface area contributed by atoms with E-state index in [9.17, 15) is 16.1 Å². The highest BCUT2D eigenvalue weighted by atomic mass is 35.5. The summed E-state index contributed by atoms with van der Waals surface area (Å²) in [6, 6.07) is 9.90. The number of nitrogens with zero attached hydrogens (tertiary/aromatic N) is 5. The van der Waals surface area contributed by atoms with E-state index in [1.165, 1.54) is 30.5 Å². The Kier molecular flexibility index (Phi) is 6.37. The molecule has 0 amide bonds. The molecule has 0 unspecified atom stereocenters. The molecule has 1 fully saturated rings. The standard InChI is InChI=1S/C27H27ClFN7O/c1-27(2,15-37)14-32-24-17(11-30)12-31-26-21(24)9-19(10-22(26)28)33-25(16-3-5-18(29)6-4-16)23-13-36(35-34-23)20-7-8-20/h3-6,9-10,12-13,20,25,33,37H,7-8,14-15H2,1-2H3,(H,31,32)/t25-/m0/s1/i25D. The van der Waals surface area contributed by atoms with Crippen molar-refractivity contribution in [2.24, 2.45) is 5.41 Å². The predicted molar refractivity (Wildman–Crippen MR) is 141 cm³/mol. The highest BCUT2D eigenvalue weighted by Gasteiger charge is 2.27. The second kappa shape index (κ2) is 9.96. The van der Waals surface area contributed by atoms with Gasteiger partial charge in [-0.3, -0.25) is 4.98 Å². The first-order valence-electron chi connectivity index (χ1n) is 12.5. The molecule has 2 aromatic heterocycles. The van der Waals surface area contributed by atoms with Crippen LogP contribution in [0.3, 0.4) is 0 Å². The van der Waals surface area contributed by atoms with Crippen LogP contribution in [-0.4, -0.2) is 38.2 Å². The molecule has 190 valence electrons. The molecule has 0 bridgehead atoms. The zero-order valence-electron chi connectivity index (χ0n) is 21.5. The Morgan fingerprint density at radius 3 is 2.76 bits per heavy atom. The highest BCUT2D eigenvalue weighted by Crippen LogP contribution is 2.37. The third kappa shape index (κ3) is 5.36. The van der Waals surface area contributed by atoms with Crippen LogP contribution in [0.2, 0.25) is 5.02 Å². The molecular weight excluding hydrogens is 493 g/mol. The van der Waals surface area contributed by atoms with Gasteiger partial charge in [0.05, 0.1) is 41.4 Å². The van der Waals surface area contributed by atoms with Gasteiger partial charge in [-0.15, -0.1) is 5.10 Å². The maximum atomic E-state index is 13.8. The van der Waals surface area contributed by atoms with E-state index >= 15 is 0 Å². The Balaban J connectivity index is 1.61. The summed E-state index contributed by atoms with van der Waals surface area (Å²) < 4.78 is 25.0. The number of aliphatic hydroxyl groups excluding tert-OH is 1. The minimum atomic E-state index is -1.62. The van der Waals surface area contributed by atoms with Crippen LogP contribution in [0, 0.1) is 22.6 Å². The third-order valence-corrected chi connectivity index (χ3v) is 6.59. The number of aliphatic hydroxyl groups is 1. The quantitative estimate of drug-likeness (QED) is 0.269. The normalized spacial score (nSPS) is 15.6. The fourth-order valence-corrected chi connectivity index (χ4v) is 4.21. The fraction of sp³-hybridized carbons (Fsp3) is 0.333. The van der Waals surface area contributed by atoms with E-state index in [4.69, 9.17) is 11.6 Å². The average molecular weight is 521 g/mol. The van der Waals surface area contributed by atoms with Gasteiger partial charge in [0.2, 0.25) is 0 Å². The zero-order chi connectivity index (χ0) is 27.1. The fourth-order valence-electron chi connectivity index (χ4n) is 3.94. The molecule has 0 spiro atoms. The molecule has 8 nitrogen and oxygen atoms in total. The van der Waals surface area contributed by atoms with E-state index in [1.807, 2.05) is 13.8 Å². The molecule has 0 aliphatic heterocycles. The van der Waals surface area contributed by atoms with Crippen molar-refractivity contribution >= 4 is 33.9 Å². The average Bonchev–Trinajstić information content (AvgIpc) is 3.63. The van der Waals surface area contributed by atoms with Crippen molar-refractivity contribution in [1.29, 1.82) is 5.26 Å². The molecule has 3 N–H and O–H groups in total. The van der Waals surface area contributed by atoms with Gasteiger partial charge in [-0.05, 0) is 42.7 Å². The lowest BCUT2D eigenvalue weighted by atomic mass is 9.94. The zero-order valence-corrected chi connectivity index (χ0v) is 21.2. The Labute approximate surface area is 220 Å². The van der Waals surface area contributed by atoms with Crippen molar-refractivity contribution in [2.75, 3.05) is 23.8 Å². The number of nitrogens with one attached hydrogen (secondary N) is 2. The Hall–Kier alpha value is -3.74. The summed E-state index contributed by atoms with van der Waals surface area (Å²) in [5.74, 6) is -0.414. The predicted octanol–water partition coefficient (Wildman–Crippen LogP) is 5.46. The second-order valence-corrected chi connectivity index (χ2v) is 10.4. The van der Waals surface area contributed by atoms with E-state index in [0.717, 1.165) is 12.8 Å². The van der Waals surface area contributed by atoms with Crippen molar-refractivity contribution in [3.05, 3.63) is 76.5 Å². The van der Waals surface area contributed by atoms with Gasteiger partial charge in [0.15, 0.2) is 0 Å².